The molecule has 0 fully saturated rings. The Morgan fingerprint density at radius 1 is 1.23 bits per heavy atom. The maximum Gasteiger partial charge on any atom is 0.206 e. The lowest BCUT2D eigenvalue weighted by Gasteiger charge is -2.06. The third kappa shape index (κ3) is 2.29. The molecule has 0 spiro atoms. The van der Waals surface area contributed by atoms with Gasteiger partial charge in [0.15, 0.2) is 11.5 Å². The van der Waals surface area contributed by atoms with Gasteiger partial charge in [0.2, 0.25) is 5.13 Å². The molecule has 1 aromatic carbocycles. The molecule has 0 radical (unpaired) electrons. The smallest absolute Gasteiger partial charge is 0.206 e. The summed E-state index contributed by atoms with van der Waals surface area (Å²) in [6, 6.07) is 8.01. The minimum Gasteiger partial charge on any atom is -0.342 e. The van der Waals surface area contributed by atoms with E-state index in [1.54, 1.807) is 35.1 Å². The molecule has 0 saturated carbocycles. The number of benzene rings is 1. The first-order chi connectivity index (χ1) is 10.8. The summed E-state index contributed by atoms with van der Waals surface area (Å²) in [5.41, 5.74) is 2.40. The number of nitrogens with one attached hydrogen (secondary N) is 1. The Labute approximate surface area is 129 Å². The molecule has 0 amide bonds. The van der Waals surface area contributed by atoms with E-state index in [1.165, 1.54) is 0 Å². The van der Waals surface area contributed by atoms with Gasteiger partial charge in [-0.1, -0.05) is 23.5 Å². The minimum absolute atomic E-state index is 0.507. The van der Waals surface area contributed by atoms with Crippen LogP contribution in [0.15, 0.2) is 41.9 Å². The Hall–Kier alpha value is -2.87. The molecule has 22 heavy (non-hydrogen) atoms. The number of hydrogen-bond donors (Lipinski definition) is 1. The van der Waals surface area contributed by atoms with Crippen molar-refractivity contribution in [2.75, 3.05) is 12.1 Å². The zero-order valence-electron chi connectivity index (χ0n) is 11.6. The summed E-state index contributed by atoms with van der Waals surface area (Å²) in [4.78, 5) is 20.1. The van der Waals surface area contributed by atoms with Gasteiger partial charge >= 0.3 is 0 Å². The Kier molecular flexibility index (Phi) is 3.01. The molecule has 108 valence electrons. The lowest BCUT2D eigenvalue weighted by molar-refractivity contribution is 1.01. The van der Waals surface area contributed by atoms with Crippen molar-refractivity contribution in [3.8, 4) is 0 Å². The first kappa shape index (κ1) is 12.8. The summed E-state index contributed by atoms with van der Waals surface area (Å²) in [6.45, 7) is 0. The molecule has 3 heterocycles. The number of aromatic nitrogens is 5. The predicted octanol–water partition coefficient (Wildman–Crippen LogP) is 2.43. The molecule has 4 aromatic rings. The van der Waals surface area contributed by atoms with E-state index in [4.69, 9.17) is 0 Å². The van der Waals surface area contributed by atoms with E-state index in [2.05, 4.69) is 30.0 Å². The highest BCUT2D eigenvalue weighted by atomic mass is 32.1. The van der Waals surface area contributed by atoms with Crippen molar-refractivity contribution in [2.24, 2.45) is 5.10 Å². The van der Waals surface area contributed by atoms with Crippen molar-refractivity contribution >= 4 is 44.1 Å². The number of rotatable bonds is 3. The first-order valence-corrected chi connectivity index (χ1v) is 7.41. The number of fused-ring (bicyclic) bond motifs is 2. The summed E-state index contributed by atoms with van der Waals surface area (Å²) >= 11 is 1.59. The lowest BCUT2D eigenvalue weighted by atomic mass is 10.3. The van der Waals surface area contributed by atoms with Gasteiger partial charge in [-0.15, -0.1) is 0 Å². The van der Waals surface area contributed by atoms with Gasteiger partial charge in [-0.3, -0.25) is 0 Å². The Balaban J connectivity index is 1.60. The fourth-order valence-corrected chi connectivity index (χ4v) is 2.88. The maximum absolute atomic E-state index is 4.54. The quantitative estimate of drug-likeness (QED) is 0.464. The largest absolute Gasteiger partial charge is 0.342 e. The van der Waals surface area contributed by atoms with E-state index in [0.717, 1.165) is 20.9 Å². The molecule has 4 rings (SSSR count). The molecule has 0 atom stereocenters. The summed E-state index contributed by atoms with van der Waals surface area (Å²) in [5.74, 6) is 0.507. The Bertz CT molecular complexity index is 938. The molecule has 0 aliphatic heterocycles. The van der Waals surface area contributed by atoms with Crippen molar-refractivity contribution in [1.29, 1.82) is 0 Å². The van der Waals surface area contributed by atoms with Crippen molar-refractivity contribution in [2.45, 2.75) is 0 Å². The van der Waals surface area contributed by atoms with Crippen LogP contribution >= 0.6 is 11.3 Å². The number of anilines is 1. The van der Waals surface area contributed by atoms with Gasteiger partial charge in [0.1, 0.15) is 5.52 Å². The van der Waals surface area contributed by atoms with Crippen LogP contribution < -0.4 is 5.01 Å². The van der Waals surface area contributed by atoms with Gasteiger partial charge in [-0.2, -0.15) is 5.10 Å². The number of nitrogens with zero attached hydrogens (tertiary/aromatic N) is 6. The molecule has 1 N–H and O–H groups in total. The van der Waals surface area contributed by atoms with Gasteiger partial charge in [0.05, 0.1) is 29.0 Å². The number of aromatic amines is 1. The molecule has 3 aromatic heterocycles. The molecular weight excluding hydrogens is 298 g/mol. The van der Waals surface area contributed by atoms with Crippen molar-refractivity contribution in [1.82, 2.24) is 24.9 Å². The van der Waals surface area contributed by atoms with Crippen LogP contribution in [0.3, 0.4) is 0 Å². The minimum atomic E-state index is 0.507. The second kappa shape index (κ2) is 5.15. The third-order valence-electron chi connectivity index (χ3n) is 3.10. The number of para-hydroxylation sites is 1. The van der Waals surface area contributed by atoms with Crippen LogP contribution in [0.2, 0.25) is 0 Å². The van der Waals surface area contributed by atoms with E-state index < -0.39 is 0 Å². The van der Waals surface area contributed by atoms with Crippen LogP contribution in [0.25, 0.3) is 21.4 Å². The highest BCUT2D eigenvalue weighted by molar-refractivity contribution is 7.22. The van der Waals surface area contributed by atoms with Crippen LogP contribution in [0.4, 0.5) is 5.13 Å². The topological polar surface area (TPSA) is 83.0 Å². The number of thiazole rings is 1. The van der Waals surface area contributed by atoms with E-state index in [0.29, 0.717) is 11.5 Å². The molecule has 0 aliphatic rings. The molecular formula is C14H11N7S. The average Bonchev–Trinajstić information content (AvgIpc) is 3.18. The molecule has 0 aliphatic carbocycles. The molecule has 0 saturated heterocycles. The lowest BCUT2D eigenvalue weighted by Crippen LogP contribution is -2.09. The van der Waals surface area contributed by atoms with Gasteiger partial charge in [-0.05, 0) is 12.1 Å². The van der Waals surface area contributed by atoms with Crippen molar-refractivity contribution in [3.63, 3.8) is 0 Å². The van der Waals surface area contributed by atoms with E-state index in [-0.39, 0.29) is 0 Å². The van der Waals surface area contributed by atoms with E-state index in [9.17, 15) is 0 Å². The number of hydrogen-bond acceptors (Lipinski definition) is 7. The van der Waals surface area contributed by atoms with E-state index in [1.807, 2.05) is 31.3 Å². The standard InChI is InChI=1S/C14H11N7S/c1-21(14-19-9-4-2-3-5-11(9)22-14)18-7-12-15-6-10-13(20-12)17-8-16-10/h2-8H,1H3,(H,15,16,17,20)/b18-7+. The highest BCUT2D eigenvalue weighted by Gasteiger charge is 2.07. The summed E-state index contributed by atoms with van der Waals surface area (Å²) in [7, 11) is 1.85. The molecule has 7 nitrogen and oxygen atoms in total. The van der Waals surface area contributed by atoms with Crippen LogP contribution in [0.5, 0.6) is 0 Å². The number of H-pyrrole nitrogens is 1. The van der Waals surface area contributed by atoms with Gasteiger partial charge < -0.3 is 4.98 Å². The van der Waals surface area contributed by atoms with E-state index >= 15 is 0 Å². The monoisotopic (exact) mass is 309 g/mol. The highest BCUT2D eigenvalue weighted by Crippen LogP contribution is 2.27. The predicted molar refractivity (Wildman–Crippen MR) is 87.3 cm³/mol. The van der Waals surface area contributed by atoms with Gasteiger partial charge in [-0.25, -0.2) is 24.9 Å². The summed E-state index contributed by atoms with van der Waals surface area (Å²) in [5, 5.41) is 6.87. The molecule has 8 heteroatoms. The van der Waals surface area contributed by atoms with Crippen LogP contribution in [-0.4, -0.2) is 38.2 Å². The Morgan fingerprint density at radius 2 is 2.14 bits per heavy atom. The van der Waals surface area contributed by atoms with Gasteiger partial charge in [0.25, 0.3) is 0 Å². The maximum atomic E-state index is 4.54. The van der Waals surface area contributed by atoms with Crippen LogP contribution in [0, 0.1) is 0 Å². The van der Waals surface area contributed by atoms with Crippen LogP contribution in [-0.2, 0) is 0 Å². The Morgan fingerprint density at radius 3 is 3.05 bits per heavy atom. The zero-order chi connectivity index (χ0) is 14.9. The first-order valence-electron chi connectivity index (χ1n) is 6.59. The molecule has 0 bridgehead atoms. The normalized spacial score (nSPS) is 11.7. The SMILES string of the molecule is CN(/N=C/c1ncc2[nH]cnc2n1)c1nc2ccccc2s1. The number of hydrazone groups is 1. The van der Waals surface area contributed by atoms with Crippen molar-refractivity contribution < 1.29 is 0 Å². The van der Waals surface area contributed by atoms with Crippen molar-refractivity contribution in [3.05, 3.63) is 42.6 Å². The summed E-state index contributed by atoms with van der Waals surface area (Å²) < 4.78 is 1.13. The van der Waals surface area contributed by atoms with Crippen LogP contribution in [0.1, 0.15) is 5.82 Å². The average molecular weight is 309 g/mol. The second-order valence-electron chi connectivity index (χ2n) is 4.60. The third-order valence-corrected chi connectivity index (χ3v) is 4.20. The fraction of sp³-hybridized carbons (Fsp3) is 0.0714. The molecule has 0 unspecified atom stereocenters. The number of imidazole rings is 1. The fourth-order valence-electron chi connectivity index (χ4n) is 2.00. The zero-order valence-corrected chi connectivity index (χ0v) is 12.4. The summed E-state index contributed by atoms with van der Waals surface area (Å²) in [6.07, 6.45) is 4.88. The second-order valence-corrected chi connectivity index (χ2v) is 5.61. The van der Waals surface area contributed by atoms with Gasteiger partial charge in [0, 0.05) is 7.05 Å².